The highest BCUT2D eigenvalue weighted by atomic mass is 35.5. The van der Waals surface area contributed by atoms with Gasteiger partial charge < -0.3 is 9.47 Å². The summed E-state index contributed by atoms with van der Waals surface area (Å²) < 4.78 is 10.7. The quantitative estimate of drug-likeness (QED) is 0.600. The van der Waals surface area contributed by atoms with Gasteiger partial charge in [-0.05, 0) is 32.9 Å². The molecule has 0 aliphatic rings. The normalized spacial score (nSPS) is 15.8. The molecule has 1 aromatic rings. The molecule has 0 aliphatic heterocycles. The molecule has 0 aromatic heterocycles. The van der Waals surface area contributed by atoms with Gasteiger partial charge >= 0.3 is 5.97 Å². The maximum Gasteiger partial charge on any atom is 0.351 e. The summed E-state index contributed by atoms with van der Waals surface area (Å²) in [6.07, 6.45) is 0. The molecule has 0 bridgehead atoms. The van der Waals surface area contributed by atoms with Crippen LogP contribution < -0.4 is 4.74 Å². The Hall–Kier alpha value is -1.22. The van der Waals surface area contributed by atoms with E-state index in [0.717, 1.165) is 0 Å². The summed E-state index contributed by atoms with van der Waals surface area (Å²) in [5.74, 6) is 0.141. The number of alkyl halides is 1. The second-order valence-corrected chi connectivity index (χ2v) is 4.51. The van der Waals surface area contributed by atoms with Gasteiger partial charge in [-0.2, -0.15) is 0 Å². The van der Waals surface area contributed by atoms with Crippen molar-refractivity contribution in [3.8, 4) is 5.75 Å². The Morgan fingerprint density at radius 1 is 1.41 bits per heavy atom. The molecule has 0 spiro atoms. The van der Waals surface area contributed by atoms with Crippen molar-refractivity contribution in [1.82, 2.24) is 0 Å². The zero-order valence-electron chi connectivity index (χ0n) is 10.3. The van der Waals surface area contributed by atoms with Gasteiger partial charge in [0, 0.05) is 0 Å². The van der Waals surface area contributed by atoms with Crippen LogP contribution in [0.2, 0.25) is 0 Å². The summed E-state index contributed by atoms with van der Waals surface area (Å²) in [6.45, 7) is 5.40. The number of hydrogen-bond donors (Lipinski definition) is 0. The monoisotopic (exact) mass is 256 g/mol. The van der Waals surface area contributed by atoms with Crippen LogP contribution in [0, 0.1) is 0 Å². The predicted octanol–water partition coefficient (Wildman–Crippen LogP) is 3.01. The predicted molar refractivity (Wildman–Crippen MR) is 67.4 cm³/mol. The topological polar surface area (TPSA) is 35.5 Å². The highest BCUT2D eigenvalue weighted by Gasteiger charge is 2.42. The molecule has 1 rings (SSSR count). The van der Waals surface area contributed by atoms with Crippen molar-refractivity contribution < 1.29 is 14.3 Å². The summed E-state index contributed by atoms with van der Waals surface area (Å²) >= 11 is 6.04. The minimum absolute atomic E-state index is 0.302. The molecule has 2 atom stereocenters. The molecule has 0 fully saturated rings. The van der Waals surface area contributed by atoms with Gasteiger partial charge in [0.1, 0.15) is 5.75 Å². The number of para-hydroxylation sites is 1. The van der Waals surface area contributed by atoms with Crippen LogP contribution in [0.25, 0.3) is 0 Å². The Labute approximate surface area is 107 Å². The van der Waals surface area contributed by atoms with Crippen LogP contribution in [0.4, 0.5) is 0 Å². The van der Waals surface area contributed by atoms with E-state index in [1.54, 1.807) is 32.9 Å². The molecule has 0 aliphatic carbocycles. The van der Waals surface area contributed by atoms with Gasteiger partial charge in [-0.25, -0.2) is 4.79 Å². The SMILES string of the molecule is CCOC(=O)C(C)(Oc1ccccc1)C(C)Cl. The second-order valence-electron chi connectivity index (χ2n) is 3.86. The van der Waals surface area contributed by atoms with Gasteiger partial charge in [0.2, 0.25) is 5.60 Å². The maximum absolute atomic E-state index is 11.9. The molecule has 0 saturated heterocycles. The molecule has 94 valence electrons. The number of hydrogen-bond acceptors (Lipinski definition) is 3. The zero-order chi connectivity index (χ0) is 12.9. The highest BCUT2D eigenvalue weighted by Crippen LogP contribution is 2.25. The van der Waals surface area contributed by atoms with Gasteiger partial charge in [0.15, 0.2) is 0 Å². The van der Waals surface area contributed by atoms with Crippen molar-refractivity contribution in [3.63, 3.8) is 0 Å². The molecule has 3 nitrogen and oxygen atoms in total. The summed E-state index contributed by atoms with van der Waals surface area (Å²) in [5.41, 5.74) is -1.18. The third-order valence-electron chi connectivity index (χ3n) is 2.51. The van der Waals surface area contributed by atoms with E-state index in [-0.39, 0.29) is 0 Å². The second kappa shape index (κ2) is 5.92. The first-order valence-electron chi connectivity index (χ1n) is 5.56. The van der Waals surface area contributed by atoms with Crippen LogP contribution in [0.15, 0.2) is 30.3 Å². The van der Waals surface area contributed by atoms with E-state index in [4.69, 9.17) is 21.1 Å². The van der Waals surface area contributed by atoms with E-state index in [9.17, 15) is 4.79 Å². The fraction of sp³-hybridized carbons (Fsp3) is 0.462. The molecule has 0 radical (unpaired) electrons. The van der Waals surface area contributed by atoms with E-state index in [1.807, 2.05) is 18.2 Å². The van der Waals surface area contributed by atoms with Crippen molar-refractivity contribution in [3.05, 3.63) is 30.3 Å². The molecular weight excluding hydrogens is 240 g/mol. The molecule has 2 unspecified atom stereocenters. The summed E-state index contributed by atoms with van der Waals surface area (Å²) in [7, 11) is 0. The van der Waals surface area contributed by atoms with E-state index in [1.165, 1.54) is 0 Å². The molecule has 0 heterocycles. The number of rotatable bonds is 5. The van der Waals surface area contributed by atoms with Gasteiger partial charge in [-0.1, -0.05) is 18.2 Å². The molecule has 0 saturated carbocycles. The van der Waals surface area contributed by atoms with E-state index in [0.29, 0.717) is 12.4 Å². The number of halogens is 1. The molecule has 17 heavy (non-hydrogen) atoms. The first-order chi connectivity index (χ1) is 8.00. The third-order valence-corrected chi connectivity index (χ3v) is 2.93. The van der Waals surface area contributed by atoms with Gasteiger partial charge in [-0.3, -0.25) is 0 Å². The number of carbonyl (C=O) groups excluding carboxylic acids is 1. The van der Waals surface area contributed by atoms with Crippen LogP contribution in [-0.2, 0) is 9.53 Å². The highest BCUT2D eigenvalue weighted by molar-refractivity contribution is 6.22. The van der Waals surface area contributed by atoms with E-state index < -0.39 is 16.9 Å². The van der Waals surface area contributed by atoms with Gasteiger partial charge in [0.05, 0.1) is 12.0 Å². The summed E-state index contributed by atoms with van der Waals surface area (Å²) in [6, 6.07) is 9.09. The average molecular weight is 257 g/mol. The van der Waals surface area contributed by atoms with Crippen LogP contribution in [-0.4, -0.2) is 23.6 Å². The van der Waals surface area contributed by atoms with Crippen molar-refractivity contribution in [2.45, 2.75) is 31.7 Å². The molecule has 4 heteroatoms. The average Bonchev–Trinajstić information content (AvgIpc) is 2.30. The molecule has 0 amide bonds. The Morgan fingerprint density at radius 3 is 2.47 bits per heavy atom. The Morgan fingerprint density at radius 2 is 2.00 bits per heavy atom. The standard InChI is InChI=1S/C13H17ClO3/c1-4-16-12(15)13(3,10(2)14)17-11-8-6-5-7-9-11/h5-10H,4H2,1-3H3. The maximum atomic E-state index is 11.9. The number of benzene rings is 1. The Bertz CT molecular complexity index is 364. The fourth-order valence-electron chi connectivity index (χ4n) is 1.29. The minimum Gasteiger partial charge on any atom is -0.474 e. The van der Waals surface area contributed by atoms with Crippen molar-refractivity contribution in [1.29, 1.82) is 0 Å². The van der Waals surface area contributed by atoms with E-state index >= 15 is 0 Å². The van der Waals surface area contributed by atoms with Crippen LogP contribution in [0.1, 0.15) is 20.8 Å². The first-order valence-corrected chi connectivity index (χ1v) is 5.99. The number of ether oxygens (including phenoxy) is 2. The minimum atomic E-state index is -1.18. The molecule has 0 N–H and O–H groups in total. The Balaban J connectivity index is 2.89. The van der Waals surface area contributed by atoms with Crippen molar-refractivity contribution in [2.75, 3.05) is 6.61 Å². The molecule has 1 aromatic carbocycles. The lowest BCUT2D eigenvalue weighted by atomic mass is 10.0. The third kappa shape index (κ3) is 3.37. The fourth-order valence-corrected chi connectivity index (χ4v) is 1.43. The lowest BCUT2D eigenvalue weighted by Gasteiger charge is -2.30. The number of carbonyl (C=O) groups is 1. The zero-order valence-corrected chi connectivity index (χ0v) is 11.0. The first kappa shape index (κ1) is 13.8. The number of esters is 1. The van der Waals surface area contributed by atoms with Crippen LogP contribution in [0.5, 0.6) is 5.75 Å². The van der Waals surface area contributed by atoms with Crippen molar-refractivity contribution >= 4 is 17.6 Å². The Kier molecular flexibility index (Phi) is 4.82. The largest absolute Gasteiger partial charge is 0.474 e. The van der Waals surface area contributed by atoms with Crippen LogP contribution in [0.3, 0.4) is 0 Å². The smallest absolute Gasteiger partial charge is 0.351 e. The lowest BCUT2D eigenvalue weighted by molar-refractivity contribution is -0.160. The summed E-state index contributed by atoms with van der Waals surface area (Å²) in [4.78, 5) is 11.9. The van der Waals surface area contributed by atoms with Crippen LogP contribution >= 0.6 is 11.6 Å². The van der Waals surface area contributed by atoms with Gasteiger partial charge in [0.25, 0.3) is 0 Å². The summed E-state index contributed by atoms with van der Waals surface area (Å²) in [5, 5.41) is -0.498. The van der Waals surface area contributed by atoms with Crippen molar-refractivity contribution in [2.24, 2.45) is 0 Å². The van der Waals surface area contributed by atoms with E-state index in [2.05, 4.69) is 0 Å². The molecular formula is C13H17ClO3. The van der Waals surface area contributed by atoms with Gasteiger partial charge in [-0.15, -0.1) is 11.6 Å². The lowest BCUT2D eigenvalue weighted by Crippen LogP contribution is -2.49.